The first-order chi connectivity index (χ1) is 7.72. The summed E-state index contributed by atoms with van der Waals surface area (Å²) in [6.45, 7) is 2.93. The molecule has 0 spiro atoms. The van der Waals surface area contributed by atoms with E-state index in [1.807, 2.05) is 19.1 Å². The lowest BCUT2D eigenvalue weighted by Crippen LogP contribution is -2.26. The zero-order valence-corrected chi connectivity index (χ0v) is 9.40. The molecule has 0 heterocycles. The van der Waals surface area contributed by atoms with Crippen molar-refractivity contribution in [3.05, 3.63) is 29.8 Å². The minimum atomic E-state index is -0.374. The van der Waals surface area contributed by atoms with Gasteiger partial charge in [0.1, 0.15) is 5.75 Å². The summed E-state index contributed by atoms with van der Waals surface area (Å²) in [5.74, 6) is 0.249. The van der Waals surface area contributed by atoms with Crippen molar-refractivity contribution in [1.29, 1.82) is 0 Å². The number of rotatable bonds is 5. The Hall–Kier alpha value is -1.71. The highest BCUT2D eigenvalue weighted by atomic mass is 16.5. The number of amides is 1. The molecule has 1 aromatic carbocycles. The Morgan fingerprint density at radius 3 is 2.69 bits per heavy atom. The molecule has 0 radical (unpaired) electrons. The number of carbonyl (C=O) groups is 1. The Kier molecular flexibility index (Phi) is 5.19. The number of nitrogens with one attached hydrogen (secondary N) is 1. The number of hydrogen-bond acceptors (Lipinski definition) is 3. The molecule has 4 nitrogen and oxygen atoms in total. The fourth-order valence-corrected chi connectivity index (χ4v) is 1.22. The number of phenolic OH excluding ortho intramolecular Hbond substituents is 1. The maximum atomic E-state index is 11.1. The summed E-state index contributed by atoms with van der Waals surface area (Å²) in [6.07, 6.45) is 1.17. The van der Waals surface area contributed by atoms with Crippen molar-refractivity contribution in [2.75, 3.05) is 13.2 Å². The van der Waals surface area contributed by atoms with Crippen LogP contribution in [-0.4, -0.2) is 24.4 Å². The molecular weight excluding hydrogens is 206 g/mol. The van der Waals surface area contributed by atoms with Gasteiger partial charge >= 0.3 is 6.09 Å². The van der Waals surface area contributed by atoms with Gasteiger partial charge in [-0.25, -0.2) is 4.79 Å². The second-order valence-corrected chi connectivity index (χ2v) is 3.48. The molecule has 0 aliphatic heterocycles. The first kappa shape index (κ1) is 12.4. The molecule has 0 fully saturated rings. The third kappa shape index (κ3) is 4.68. The van der Waals surface area contributed by atoms with Crippen molar-refractivity contribution >= 4 is 6.09 Å². The van der Waals surface area contributed by atoms with Crippen molar-refractivity contribution in [3.8, 4) is 5.75 Å². The van der Waals surface area contributed by atoms with E-state index in [1.54, 1.807) is 12.1 Å². The van der Waals surface area contributed by atoms with Crippen molar-refractivity contribution in [2.45, 2.75) is 19.8 Å². The summed E-state index contributed by atoms with van der Waals surface area (Å²) in [5, 5.41) is 11.7. The molecule has 0 aromatic heterocycles. The molecule has 0 saturated carbocycles. The Morgan fingerprint density at radius 1 is 1.38 bits per heavy atom. The number of alkyl carbamates (subject to hydrolysis) is 1. The predicted octanol–water partition coefficient (Wildman–Crippen LogP) is 2.07. The van der Waals surface area contributed by atoms with Crippen LogP contribution in [0.4, 0.5) is 4.79 Å². The highest BCUT2D eigenvalue weighted by Crippen LogP contribution is 2.09. The Morgan fingerprint density at radius 2 is 2.06 bits per heavy atom. The third-order valence-electron chi connectivity index (χ3n) is 2.06. The maximum absolute atomic E-state index is 11.1. The van der Waals surface area contributed by atoms with Crippen LogP contribution in [0.25, 0.3) is 0 Å². The van der Waals surface area contributed by atoms with Gasteiger partial charge in [0.25, 0.3) is 0 Å². The van der Waals surface area contributed by atoms with Gasteiger partial charge in [0, 0.05) is 6.54 Å². The van der Waals surface area contributed by atoms with Crippen LogP contribution in [-0.2, 0) is 11.2 Å². The van der Waals surface area contributed by atoms with Crippen LogP contribution in [0.3, 0.4) is 0 Å². The van der Waals surface area contributed by atoms with E-state index >= 15 is 0 Å². The number of carbonyl (C=O) groups excluding carboxylic acids is 1. The van der Waals surface area contributed by atoms with Crippen LogP contribution in [0, 0.1) is 0 Å². The van der Waals surface area contributed by atoms with Crippen LogP contribution < -0.4 is 5.32 Å². The SMILES string of the molecule is CCCOC(=O)NCCc1ccc(O)cc1. The highest BCUT2D eigenvalue weighted by molar-refractivity contribution is 5.67. The highest BCUT2D eigenvalue weighted by Gasteiger charge is 2.00. The summed E-state index contributed by atoms with van der Waals surface area (Å²) >= 11 is 0. The van der Waals surface area contributed by atoms with Crippen LogP contribution in [0.1, 0.15) is 18.9 Å². The molecule has 0 unspecified atom stereocenters. The minimum Gasteiger partial charge on any atom is -0.508 e. The number of benzene rings is 1. The number of ether oxygens (including phenoxy) is 1. The largest absolute Gasteiger partial charge is 0.508 e. The average molecular weight is 223 g/mol. The smallest absolute Gasteiger partial charge is 0.407 e. The summed E-state index contributed by atoms with van der Waals surface area (Å²) in [6, 6.07) is 6.91. The van der Waals surface area contributed by atoms with E-state index in [2.05, 4.69) is 5.32 Å². The summed E-state index contributed by atoms with van der Waals surface area (Å²) in [4.78, 5) is 11.1. The molecule has 4 heteroatoms. The van der Waals surface area contributed by atoms with Crippen molar-refractivity contribution in [3.63, 3.8) is 0 Å². The predicted molar refractivity (Wildman–Crippen MR) is 61.5 cm³/mol. The summed E-state index contributed by atoms with van der Waals surface area (Å²) < 4.78 is 4.86. The van der Waals surface area contributed by atoms with Gasteiger partial charge in [0.2, 0.25) is 0 Å². The molecule has 0 aliphatic rings. The molecule has 16 heavy (non-hydrogen) atoms. The molecule has 0 aliphatic carbocycles. The van der Waals surface area contributed by atoms with Gasteiger partial charge in [-0.15, -0.1) is 0 Å². The van der Waals surface area contributed by atoms with Gasteiger partial charge < -0.3 is 15.2 Å². The normalized spacial score (nSPS) is 9.81. The average Bonchev–Trinajstić information content (AvgIpc) is 2.29. The Bertz CT molecular complexity index is 322. The molecular formula is C12H17NO3. The lowest BCUT2D eigenvalue weighted by atomic mass is 10.1. The third-order valence-corrected chi connectivity index (χ3v) is 2.06. The Labute approximate surface area is 95.2 Å². The second kappa shape index (κ2) is 6.71. The number of hydrogen-bond donors (Lipinski definition) is 2. The van der Waals surface area contributed by atoms with E-state index in [1.165, 1.54) is 0 Å². The Balaban J connectivity index is 2.20. The molecule has 1 amide bonds. The molecule has 2 N–H and O–H groups in total. The zero-order valence-electron chi connectivity index (χ0n) is 9.40. The standard InChI is InChI=1S/C12H17NO3/c1-2-9-16-12(15)13-8-7-10-3-5-11(14)6-4-10/h3-6,14H,2,7-9H2,1H3,(H,13,15). The van der Waals surface area contributed by atoms with E-state index in [0.29, 0.717) is 13.2 Å². The molecule has 0 saturated heterocycles. The topological polar surface area (TPSA) is 58.6 Å². The quantitative estimate of drug-likeness (QED) is 0.803. The number of phenols is 1. The van der Waals surface area contributed by atoms with Crippen molar-refractivity contribution in [1.82, 2.24) is 5.32 Å². The van der Waals surface area contributed by atoms with Gasteiger partial charge in [0.15, 0.2) is 0 Å². The van der Waals surface area contributed by atoms with Crippen molar-refractivity contribution < 1.29 is 14.6 Å². The minimum absolute atomic E-state index is 0.249. The maximum Gasteiger partial charge on any atom is 0.407 e. The molecule has 0 bridgehead atoms. The van der Waals surface area contributed by atoms with E-state index in [4.69, 9.17) is 9.84 Å². The van der Waals surface area contributed by atoms with E-state index in [-0.39, 0.29) is 11.8 Å². The lowest BCUT2D eigenvalue weighted by molar-refractivity contribution is 0.146. The molecule has 88 valence electrons. The van der Waals surface area contributed by atoms with Crippen LogP contribution in [0.2, 0.25) is 0 Å². The first-order valence-corrected chi connectivity index (χ1v) is 5.41. The summed E-state index contributed by atoms with van der Waals surface area (Å²) in [5.41, 5.74) is 1.06. The van der Waals surface area contributed by atoms with Gasteiger partial charge in [-0.2, -0.15) is 0 Å². The zero-order chi connectivity index (χ0) is 11.8. The molecule has 1 aromatic rings. The van der Waals surface area contributed by atoms with Crippen molar-refractivity contribution in [2.24, 2.45) is 0 Å². The van der Waals surface area contributed by atoms with Gasteiger partial charge in [-0.05, 0) is 30.5 Å². The van der Waals surface area contributed by atoms with Gasteiger partial charge in [-0.3, -0.25) is 0 Å². The van der Waals surface area contributed by atoms with Crippen LogP contribution >= 0.6 is 0 Å². The van der Waals surface area contributed by atoms with E-state index < -0.39 is 0 Å². The monoisotopic (exact) mass is 223 g/mol. The van der Waals surface area contributed by atoms with E-state index in [9.17, 15) is 4.79 Å². The van der Waals surface area contributed by atoms with Gasteiger partial charge in [0.05, 0.1) is 6.61 Å². The molecule has 1 rings (SSSR count). The lowest BCUT2D eigenvalue weighted by Gasteiger charge is -2.05. The fourth-order valence-electron chi connectivity index (χ4n) is 1.22. The van der Waals surface area contributed by atoms with Crippen LogP contribution in [0.5, 0.6) is 5.75 Å². The van der Waals surface area contributed by atoms with Crippen LogP contribution in [0.15, 0.2) is 24.3 Å². The first-order valence-electron chi connectivity index (χ1n) is 5.41. The second-order valence-electron chi connectivity index (χ2n) is 3.48. The molecule has 0 atom stereocenters. The van der Waals surface area contributed by atoms with E-state index in [0.717, 1.165) is 18.4 Å². The fraction of sp³-hybridized carbons (Fsp3) is 0.417. The number of aromatic hydroxyl groups is 1. The van der Waals surface area contributed by atoms with Gasteiger partial charge in [-0.1, -0.05) is 19.1 Å². The summed E-state index contributed by atoms with van der Waals surface area (Å²) in [7, 11) is 0.